The molecule has 0 radical (unpaired) electrons. The fourth-order valence-electron chi connectivity index (χ4n) is 1.38. The van der Waals surface area contributed by atoms with Crippen molar-refractivity contribution in [3.63, 3.8) is 0 Å². The van der Waals surface area contributed by atoms with Gasteiger partial charge < -0.3 is 10.8 Å². The Morgan fingerprint density at radius 2 is 2.07 bits per heavy atom. The summed E-state index contributed by atoms with van der Waals surface area (Å²) in [7, 11) is 0. The molecule has 0 heterocycles. The van der Waals surface area contributed by atoms with Crippen molar-refractivity contribution in [2.24, 2.45) is 5.73 Å². The normalized spacial score (nSPS) is 13.7. The van der Waals surface area contributed by atoms with Crippen molar-refractivity contribution in [2.75, 3.05) is 6.54 Å². The van der Waals surface area contributed by atoms with Crippen molar-refractivity contribution in [2.45, 2.75) is 13.0 Å². The Balaban J connectivity index is 2.92. The zero-order valence-corrected chi connectivity index (χ0v) is 8.98. The van der Waals surface area contributed by atoms with Gasteiger partial charge in [0.2, 0.25) is 0 Å². The number of aliphatic hydroxyl groups excluding tert-OH is 1. The summed E-state index contributed by atoms with van der Waals surface area (Å²) in [4.78, 5) is 0. The quantitative estimate of drug-likeness (QED) is 0.736. The fraction of sp³-hybridized carbons (Fsp3) is 0.231. The van der Waals surface area contributed by atoms with Crippen LogP contribution in [0.2, 0.25) is 0 Å². The first-order chi connectivity index (χ1) is 7.19. The minimum absolute atomic E-state index is 0.407. The Morgan fingerprint density at radius 3 is 2.53 bits per heavy atom. The van der Waals surface area contributed by atoms with Crippen LogP contribution in [0.5, 0.6) is 0 Å². The van der Waals surface area contributed by atoms with Gasteiger partial charge >= 0.3 is 0 Å². The zero-order valence-electron chi connectivity index (χ0n) is 8.98. The van der Waals surface area contributed by atoms with E-state index in [1.807, 2.05) is 31.2 Å². The predicted octanol–water partition coefficient (Wildman–Crippen LogP) is 2.10. The van der Waals surface area contributed by atoms with Crippen molar-refractivity contribution >= 4 is 0 Å². The maximum absolute atomic E-state index is 10.0. The molecule has 2 nitrogen and oxygen atoms in total. The van der Waals surface area contributed by atoms with Gasteiger partial charge in [-0.15, -0.1) is 0 Å². The summed E-state index contributed by atoms with van der Waals surface area (Å²) in [5.41, 5.74) is 8.20. The molecule has 0 amide bonds. The van der Waals surface area contributed by atoms with E-state index in [1.54, 1.807) is 12.2 Å². The van der Waals surface area contributed by atoms with E-state index in [4.69, 9.17) is 5.73 Å². The van der Waals surface area contributed by atoms with Gasteiger partial charge in [-0.3, -0.25) is 0 Å². The third kappa shape index (κ3) is 3.05. The molecule has 0 aliphatic rings. The number of rotatable bonds is 4. The number of nitrogens with two attached hydrogens (primary N) is 1. The van der Waals surface area contributed by atoms with Crippen LogP contribution in [-0.4, -0.2) is 11.7 Å². The van der Waals surface area contributed by atoms with Crippen LogP contribution < -0.4 is 5.73 Å². The van der Waals surface area contributed by atoms with Gasteiger partial charge in [-0.2, -0.15) is 0 Å². The molecular weight excluding hydrogens is 186 g/mol. The lowest BCUT2D eigenvalue weighted by Gasteiger charge is -2.12. The van der Waals surface area contributed by atoms with Gasteiger partial charge in [0.15, 0.2) is 0 Å². The number of hydrogen-bond donors (Lipinski definition) is 2. The first-order valence-corrected chi connectivity index (χ1v) is 4.96. The standard InChI is InChI=1S/C13H17NO/c1-3-11(8-9-14)13(15)12-6-4-10(2)5-7-12/h3-8,13,15H,1,9,14H2,2H3/b11-8+. The van der Waals surface area contributed by atoms with Crippen LogP contribution >= 0.6 is 0 Å². The maximum atomic E-state index is 10.0. The topological polar surface area (TPSA) is 46.2 Å². The molecule has 1 unspecified atom stereocenters. The highest BCUT2D eigenvalue weighted by Gasteiger charge is 2.09. The largest absolute Gasteiger partial charge is 0.384 e. The summed E-state index contributed by atoms with van der Waals surface area (Å²) in [5.74, 6) is 0. The molecule has 0 aliphatic carbocycles. The zero-order chi connectivity index (χ0) is 11.3. The van der Waals surface area contributed by atoms with E-state index in [1.165, 1.54) is 5.56 Å². The first kappa shape index (κ1) is 11.7. The van der Waals surface area contributed by atoms with Crippen LogP contribution in [0.1, 0.15) is 17.2 Å². The molecule has 0 aliphatic heterocycles. The van der Waals surface area contributed by atoms with Crippen LogP contribution in [0.15, 0.2) is 48.6 Å². The van der Waals surface area contributed by atoms with Crippen molar-refractivity contribution in [1.29, 1.82) is 0 Å². The molecule has 2 heteroatoms. The van der Waals surface area contributed by atoms with Gasteiger partial charge in [0.1, 0.15) is 6.10 Å². The highest BCUT2D eigenvalue weighted by molar-refractivity contribution is 5.33. The summed E-state index contributed by atoms with van der Waals surface area (Å²) >= 11 is 0. The highest BCUT2D eigenvalue weighted by atomic mass is 16.3. The number of hydrogen-bond acceptors (Lipinski definition) is 2. The number of aryl methyl sites for hydroxylation is 1. The van der Waals surface area contributed by atoms with E-state index in [-0.39, 0.29) is 0 Å². The van der Waals surface area contributed by atoms with Crippen molar-refractivity contribution < 1.29 is 5.11 Å². The fourth-order valence-corrected chi connectivity index (χ4v) is 1.38. The van der Waals surface area contributed by atoms with Gasteiger partial charge in [-0.25, -0.2) is 0 Å². The second kappa shape index (κ2) is 5.49. The number of benzene rings is 1. The summed E-state index contributed by atoms with van der Waals surface area (Å²) in [6.45, 7) is 6.08. The summed E-state index contributed by atoms with van der Waals surface area (Å²) < 4.78 is 0. The molecule has 1 atom stereocenters. The lowest BCUT2D eigenvalue weighted by Crippen LogP contribution is -2.03. The average molecular weight is 203 g/mol. The smallest absolute Gasteiger partial charge is 0.104 e. The van der Waals surface area contributed by atoms with Crippen LogP contribution in [0, 0.1) is 6.92 Å². The minimum Gasteiger partial charge on any atom is -0.384 e. The lowest BCUT2D eigenvalue weighted by atomic mass is 10.0. The molecule has 0 saturated carbocycles. The third-order valence-electron chi connectivity index (χ3n) is 2.30. The van der Waals surface area contributed by atoms with Crippen molar-refractivity contribution in [3.8, 4) is 0 Å². The molecule has 15 heavy (non-hydrogen) atoms. The van der Waals surface area contributed by atoms with E-state index in [9.17, 15) is 5.11 Å². The monoisotopic (exact) mass is 203 g/mol. The average Bonchev–Trinajstić information content (AvgIpc) is 2.26. The van der Waals surface area contributed by atoms with Crippen LogP contribution in [0.3, 0.4) is 0 Å². The summed E-state index contributed by atoms with van der Waals surface area (Å²) in [6, 6.07) is 7.77. The molecule has 1 rings (SSSR count). The van der Waals surface area contributed by atoms with Crippen LogP contribution in [0.4, 0.5) is 0 Å². The molecule has 0 spiro atoms. The Hall–Kier alpha value is -1.38. The highest BCUT2D eigenvalue weighted by Crippen LogP contribution is 2.22. The molecule has 3 N–H and O–H groups in total. The summed E-state index contributed by atoms with van der Waals surface area (Å²) in [6.07, 6.45) is 2.78. The molecule has 0 bridgehead atoms. The summed E-state index contributed by atoms with van der Waals surface area (Å²) in [5, 5.41) is 10.0. The second-order valence-electron chi connectivity index (χ2n) is 3.46. The van der Waals surface area contributed by atoms with Crippen LogP contribution in [-0.2, 0) is 0 Å². The van der Waals surface area contributed by atoms with Gasteiger partial charge in [0, 0.05) is 6.54 Å². The maximum Gasteiger partial charge on any atom is 0.104 e. The van der Waals surface area contributed by atoms with Crippen molar-refractivity contribution in [1.82, 2.24) is 0 Å². The van der Waals surface area contributed by atoms with E-state index < -0.39 is 6.10 Å². The number of aliphatic hydroxyl groups is 1. The SMILES string of the molecule is C=C/C(=C\CN)C(O)c1ccc(C)cc1. The Labute approximate surface area is 90.7 Å². The molecule has 0 aromatic heterocycles. The van der Waals surface area contributed by atoms with Crippen molar-refractivity contribution in [3.05, 3.63) is 59.7 Å². The van der Waals surface area contributed by atoms with E-state index in [0.717, 1.165) is 11.1 Å². The molecule has 0 fully saturated rings. The molecule has 0 saturated heterocycles. The molecule has 1 aromatic rings. The molecule has 1 aromatic carbocycles. The third-order valence-corrected chi connectivity index (χ3v) is 2.30. The molecular formula is C13H17NO. The lowest BCUT2D eigenvalue weighted by molar-refractivity contribution is 0.219. The first-order valence-electron chi connectivity index (χ1n) is 4.96. The van der Waals surface area contributed by atoms with Gasteiger partial charge in [0.25, 0.3) is 0 Å². The van der Waals surface area contributed by atoms with Gasteiger partial charge in [0.05, 0.1) is 0 Å². The Bertz CT molecular complexity index is 351. The van der Waals surface area contributed by atoms with Gasteiger partial charge in [-0.1, -0.05) is 48.6 Å². The Morgan fingerprint density at radius 1 is 1.47 bits per heavy atom. The van der Waals surface area contributed by atoms with E-state index >= 15 is 0 Å². The Kier molecular flexibility index (Phi) is 4.28. The predicted molar refractivity (Wildman–Crippen MR) is 63.5 cm³/mol. The second-order valence-corrected chi connectivity index (χ2v) is 3.46. The van der Waals surface area contributed by atoms with E-state index in [0.29, 0.717) is 6.54 Å². The molecule has 80 valence electrons. The van der Waals surface area contributed by atoms with Gasteiger partial charge in [-0.05, 0) is 18.1 Å². The van der Waals surface area contributed by atoms with Crippen LogP contribution in [0.25, 0.3) is 0 Å². The van der Waals surface area contributed by atoms with E-state index in [2.05, 4.69) is 6.58 Å². The minimum atomic E-state index is -0.633.